The molecule has 2 aromatic rings. The zero-order valence-corrected chi connectivity index (χ0v) is 11.8. The van der Waals surface area contributed by atoms with Crippen LogP contribution in [0.4, 0.5) is 0 Å². The molecular formula is C19H14O3. The maximum Gasteiger partial charge on any atom is 0.128 e. The van der Waals surface area contributed by atoms with Crippen LogP contribution in [0.25, 0.3) is 5.57 Å². The summed E-state index contributed by atoms with van der Waals surface area (Å²) in [6, 6.07) is 14.3. The van der Waals surface area contributed by atoms with Crippen molar-refractivity contribution in [2.75, 3.05) is 0 Å². The van der Waals surface area contributed by atoms with Crippen molar-refractivity contribution in [2.45, 2.75) is 6.42 Å². The first kappa shape index (κ1) is 13.9. The van der Waals surface area contributed by atoms with Gasteiger partial charge in [0.05, 0.1) is 0 Å². The summed E-state index contributed by atoms with van der Waals surface area (Å²) >= 11 is 0. The molecule has 0 heterocycles. The molecular weight excluding hydrogens is 276 g/mol. The van der Waals surface area contributed by atoms with E-state index in [2.05, 4.69) is 0 Å². The number of rotatable bonds is 3. The number of hydrogen-bond donors (Lipinski definition) is 1. The summed E-state index contributed by atoms with van der Waals surface area (Å²) in [6.45, 7) is 0. The fourth-order valence-corrected chi connectivity index (χ4v) is 2.26. The third kappa shape index (κ3) is 3.17. The molecule has 1 aliphatic rings. The molecule has 0 spiro atoms. The fourth-order valence-electron chi connectivity index (χ4n) is 2.26. The third-order valence-corrected chi connectivity index (χ3v) is 3.40. The molecule has 108 valence electrons. The molecule has 0 radical (unpaired) electrons. The number of aromatic hydroxyl groups is 1. The number of phenols is 1. The molecule has 3 heteroatoms. The van der Waals surface area contributed by atoms with Crippen LogP contribution in [-0.4, -0.2) is 11.0 Å². The maximum atomic E-state index is 10.7. The van der Waals surface area contributed by atoms with Gasteiger partial charge in [-0.2, -0.15) is 0 Å². The number of allylic oxidation sites excluding steroid dienone is 5. The molecule has 2 aromatic carbocycles. The Hall–Kier alpha value is -3.03. The van der Waals surface area contributed by atoms with Crippen LogP contribution in [-0.2, 0) is 4.79 Å². The Morgan fingerprint density at radius 1 is 0.955 bits per heavy atom. The molecule has 0 aromatic heterocycles. The number of ether oxygens (including phenoxy) is 1. The van der Waals surface area contributed by atoms with Crippen LogP contribution in [0.1, 0.15) is 12.0 Å². The largest absolute Gasteiger partial charge is 0.508 e. The number of carbonyl (C=O) groups excluding carboxylic acids is 1. The lowest BCUT2D eigenvalue weighted by atomic mass is 9.95. The predicted octanol–water partition coefficient (Wildman–Crippen LogP) is 4.29. The lowest BCUT2D eigenvalue weighted by Crippen LogP contribution is -1.92. The monoisotopic (exact) mass is 290 g/mol. The van der Waals surface area contributed by atoms with Gasteiger partial charge in [0.2, 0.25) is 0 Å². The van der Waals surface area contributed by atoms with Crippen molar-refractivity contribution in [3.8, 4) is 17.2 Å². The van der Waals surface area contributed by atoms with Crippen molar-refractivity contribution in [2.24, 2.45) is 0 Å². The molecule has 0 unspecified atom stereocenters. The van der Waals surface area contributed by atoms with Gasteiger partial charge in [-0.3, -0.25) is 0 Å². The van der Waals surface area contributed by atoms with Gasteiger partial charge >= 0.3 is 0 Å². The minimum absolute atomic E-state index is 0.207. The zero-order chi connectivity index (χ0) is 15.4. The van der Waals surface area contributed by atoms with Crippen LogP contribution >= 0.6 is 0 Å². The fraction of sp³-hybridized carbons (Fsp3) is 0.0526. The van der Waals surface area contributed by atoms with E-state index in [9.17, 15) is 9.90 Å². The van der Waals surface area contributed by atoms with Crippen molar-refractivity contribution in [3.05, 3.63) is 77.9 Å². The maximum absolute atomic E-state index is 10.7. The Bertz CT molecular complexity index is 774. The van der Waals surface area contributed by atoms with Crippen LogP contribution in [0, 0.1) is 0 Å². The highest BCUT2D eigenvalue weighted by Gasteiger charge is 2.08. The standard InChI is InChI=1S/C19H14O3/c20-13-14-2-1-3-16(12-14)15-4-8-18(9-5-15)22-19-10-6-17(21)7-11-19/h1-11,21H,12H2. The first-order chi connectivity index (χ1) is 10.7. The highest BCUT2D eigenvalue weighted by atomic mass is 16.5. The Kier molecular flexibility index (Phi) is 3.90. The topological polar surface area (TPSA) is 46.5 Å². The Balaban J connectivity index is 1.75. The lowest BCUT2D eigenvalue weighted by molar-refractivity contribution is 0.464. The first-order valence-electron chi connectivity index (χ1n) is 6.93. The van der Waals surface area contributed by atoms with E-state index in [4.69, 9.17) is 4.74 Å². The van der Waals surface area contributed by atoms with E-state index in [1.807, 2.05) is 42.4 Å². The van der Waals surface area contributed by atoms with E-state index in [-0.39, 0.29) is 5.75 Å². The van der Waals surface area contributed by atoms with Crippen molar-refractivity contribution >= 4 is 11.5 Å². The quantitative estimate of drug-likeness (QED) is 0.858. The van der Waals surface area contributed by atoms with E-state index in [1.165, 1.54) is 0 Å². The molecule has 0 saturated carbocycles. The summed E-state index contributed by atoms with van der Waals surface area (Å²) in [4.78, 5) is 10.7. The number of phenolic OH excluding ortho intramolecular Hbond substituents is 1. The van der Waals surface area contributed by atoms with Crippen molar-refractivity contribution in [3.63, 3.8) is 0 Å². The smallest absolute Gasteiger partial charge is 0.128 e. The Labute approximate surface area is 128 Å². The van der Waals surface area contributed by atoms with Gasteiger partial charge in [-0.1, -0.05) is 24.3 Å². The minimum Gasteiger partial charge on any atom is -0.508 e. The van der Waals surface area contributed by atoms with E-state index in [0.29, 0.717) is 23.5 Å². The molecule has 0 atom stereocenters. The highest BCUT2D eigenvalue weighted by molar-refractivity contribution is 5.76. The van der Waals surface area contributed by atoms with Gasteiger partial charge in [0, 0.05) is 12.0 Å². The van der Waals surface area contributed by atoms with E-state index < -0.39 is 0 Å². The Morgan fingerprint density at radius 2 is 1.59 bits per heavy atom. The van der Waals surface area contributed by atoms with E-state index >= 15 is 0 Å². The third-order valence-electron chi connectivity index (χ3n) is 3.40. The highest BCUT2D eigenvalue weighted by Crippen LogP contribution is 2.29. The molecule has 3 rings (SSSR count). The summed E-state index contributed by atoms with van der Waals surface area (Å²) in [6.07, 6.45) is 6.23. The van der Waals surface area contributed by atoms with E-state index in [1.54, 1.807) is 30.3 Å². The van der Waals surface area contributed by atoms with Crippen molar-refractivity contribution < 1.29 is 14.6 Å². The van der Waals surface area contributed by atoms with Gasteiger partial charge in [0.1, 0.15) is 23.2 Å². The van der Waals surface area contributed by atoms with Crippen LogP contribution in [0.2, 0.25) is 0 Å². The summed E-state index contributed by atoms with van der Waals surface area (Å²) in [5.74, 6) is 3.53. The van der Waals surface area contributed by atoms with Crippen LogP contribution in [0.15, 0.2) is 72.3 Å². The van der Waals surface area contributed by atoms with Gasteiger partial charge in [0.15, 0.2) is 0 Å². The molecule has 1 N–H and O–H groups in total. The average molecular weight is 290 g/mol. The van der Waals surface area contributed by atoms with Gasteiger partial charge in [-0.25, -0.2) is 4.79 Å². The average Bonchev–Trinajstić information content (AvgIpc) is 2.58. The van der Waals surface area contributed by atoms with Crippen molar-refractivity contribution in [1.29, 1.82) is 0 Å². The second kappa shape index (κ2) is 6.17. The normalized spacial score (nSPS) is 13.5. The SMILES string of the molecule is O=C=C1C=CC=C(c2ccc(Oc3ccc(O)cc3)cc2)C1. The van der Waals surface area contributed by atoms with Crippen LogP contribution in [0.3, 0.4) is 0 Å². The van der Waals surface area contributed by atoms with Crippen LogP contribution in [0.5, 0.6) is 17.2 Å². The molecule has 0 fully saturated rings. The summed E-state index contributed by atoms with van der Waals surface area (Å²) < 4.78 is 5.71. The Morgan fingerprint density at radius 3 is 2.23 bits per heavy atom. The first-order valence-corrected chi connectivity index (χ1v) is 6.93. The molecule has 0 saturated heterocycles. The zero-order valence-electron chi connectivity index (χ0n) is 11.8. The lowest BCUT2D eigenvalue weighted by Gasteiger charge is -2.11. The number of hydrogen-bond acceptors (Lipinski definition) is 3. The molecule has 22 heavy (non-hydrogen) atoms. The summed E-state index contributed by atoms with van der Waals surface area (Å²) in [5.41, 5.74) is 2.79. The van der Waals surface area contributed by atoms with Crippen molar-refractivity contribution in [1.82, 2.24) is 0 Å². The van der Waals surface area contributed by atoms with Gasteiger partial charge in [0.25, 0.3) is 0 Å². The van der Waals surface area contributed by atoms with E-state index in [0.717, 1.165) is 11.1 Å². The van der Waals surface area contributed by atoms with Gasteiger partial charge in [-0.15, -0.1) is 0 Å². The summed E-state index contributed by atoms with van der Waals surface area (Å²) in [5, 5.41) is 9.25. The van der Waals surface area contributed by atoms with Crippen LogP contribution < -0.4 is 4.74 Å². The summed E-state index contributed by atoms with van der Waals surface area (Å²) in [7, 11) is 0. The predicted molar refractivity (Wildman–Crippen MR) is 85.6 cm³/mol. The molecule has 3 nitrogen and oxygen atoms in total. The number of benzene rings is 2. The second-order valence-corrected chi connectivity index (χ2v) is 4.98. The minimum atomic E-state index is 0.207. The molecule has 0 bridgehead atoms. The molecule has 1 aliphatic carbocycles. The van der Waals surface area contributed by atoms with Gasteiger partial charge in [-0.05, 0) is 53.6 Å². The second-order valence-electron chi connectivity index (χ2n) is 4.98. The molecule has 0 amide bonds. The van der Waals surface area contributed by atoms with Gasteiger partial charge < -0.3 is 9.84 Å². The molecule has 0 aliphatic heterocycles.